The first-order valence-corrected chi connectivity index (χ1v) is 8.36. The molecular formula is C20H19FN4O2. The van der Waals surface area contributed by atoms with Crippen molar-refractivity contribution in [2.45, 2.75) is 18.8 Å². The molecule has 0 bridgehead atoms. The summed E-state index contributed by atoms with van der Waals surface area (Å²) in [7, 11) is 1.42. The summed E-state index contributed by atoms with van der Waals surface area (Å²) in [5, 5.41) is 2.79. The van der Waals surface area contributed by atoms with Crippen molar-refractivity contribution in [3.8, 4) is 0 Å². The fourth-order valence-corrected chi connectivity index (χ4v) is 3.02. The van der Waals surface area contributed by atoms with Gasteiger partial charge in [-0.15, -0.1) is 0 Å². The molecule has 1 atom stereocenters. The zero-order valence-electron chi connectivity index (χ0n) is 14.9. The van der Waals surface area contributed by atoms with Gasteiger partial charge in [0.15, 0.2) is 0 Å². The van der Waals surface area contributed by atoms with Crippen LogP contribution >= 0.6 is 0 Å². The number of hydrogen-bond acceptors (Lipinski definition) is 5. The number of hydrogen-bond donors (Lipinski definition) is 1. The first kappa shape index (κ1) is 18.4. The molecule has 27 heavy (non-hydrogen) atoms. The molecule has 1 unspecified atom stereocenters. The minimum Gasteiger partial charge on any atom is -0.497 e. The first-order chi connectivity index (χ1) is 13.0. The lowest BCUT2D eigenvalue weighted by molar-refractivity contribution is -0.117. The van der Waals surface area contributed by atoms with Crippen LogP contribution in [0.4, 0.5) is 10.2 Å². The summed E-state index contributed by atoms with van der Waals surface area (Å²) in [4.78, 5) is 25.2. The monoisotopic (exact) mass is 366 g/mol. The number of amides is 1. The number of methoxy groups -OCH3 is 1. The second-order valence-corrected chi connectivity index (χ2v) is 6.05. The number of nitrogens with one attached hydrogen (secondary N) is 1. The second-order valence-electron chi connectivity index (χ2n) is 6.05. The lowest BCUT2D eigenvalue weighted by Crippen LogP contribution is -2.21. The van der Waals surface area contributed by atoms with Gasteiger partial charge in [0, 0.05) is 17.8 Å². The fraction of sp³-hybridized carbons (Fsp3) is 0.200. The summed E-state index contributed by atoms with van der Waals surface area (Å²) in [5.41, 5.74) is 2.56. The van der Waals surface area contributed by atoms with Gasteiger partial charge in [0.2, 0.25) is 5.91 Å². The van der Waals surface area contributed by atoms with E-state index in [2.05, 4.69) is 33.4 Å². The van der Waals surface area contributed by atoms with Gasteiger partial charge >= 0.3 is 0 Å². The van der Waals surface area contributed by atoms with Crippen LogP contribution < -0.4 is 5.32 Å². The SMILES string of the molecule is C=C(F)/C=C(\C(=C)OC)c1cc(NC(=O)C2CCc3cccnc32)ncn1. The molecular weight excluding hydrogens is 347 g/mol. The zero-order chi connectivity index (χ0) is 19.4. The van der Waals surface area contributed by atoms with E-state index in [0.717, 1.165) is 23.8 Å². The molecule has 0 saturated carbocycles. The smallest absolute Gasteiger partial charge is 0.234 e. The molecule has 1 N–H and O–H groups in total. The molecule has 1 aliphatic carbocycles. The predicted molar refractivity (Wildman–Crippen MR) is 100 cm³/mol. The number of ether oxygens (including phenoxy) is 1. The quantitative estimate of drug-likeness (QED) is 0.625. The number of allylic oxidation sites excluding steroid dienone is 3. The third-order valence-electron chi connectivity index (χ3n) is 4.32. The number of anilines is 1. The maximum atomic E-state index is 13.3. The molecule has 138 valence electrons. The highest BCUT2D eigenvalue weighted by atomic mass is 19.1. The Morgan fingerprint density at radius 3 is 2.93 bits per heavy atom. The predicted octanol–water partition coefficient (Wildman–Crippen LogP) is 3.57. The lowest BCUT2D eigenvalue weighted by atomic mass is 10.1. The third kappa shape index (κ3) is 4.08. The van der Waals surface area contributed by atoms with E-state index < -0.39 is 5.83 Å². The van der Waals surface area contributed by atoms with E-state index in [4.69, 9.17) is 4.74 Å². The van der Waals surface area contributed by atoms with Gasteiger partial charge in [-0.25, -0.2) is 14.4 Å². The Morgan fingerprint density at radius 2 is 2.19 bits per heavy atom. The minimum atomic E-state index is -0.666. The minimum absolute atomic E-state index is 0.192. The largest absolute Gasteiger partial charge is 0.497 e. The number of aryl methyl sites for hydroxylation is 1. The Morgan fingerprint density at radius 1 is 1.37 bits per heavy atom. The number of halogens is 1. The second kappa shape index (κ2) is 7.90. The van der Waals surface area contributed by atoms with Crippen LogP contribution in [0.25, 0.3) is 5.57 Å². The van der Waals surface area contributed by atoms with Crippen molar-refractivity contribution in [2.75, 3.05) is 12.4 Å². The Kier molecular flexibility index (Phi) is 5.40. The van der Waals surface area contributed by atoms with Crippen LogP contribution in [-0.4, -0.2) is 28.0 Å². The summed E-state index contributed by atoms with van der Waals surface area (Å²) in [6.07, 6.45) is 5.64. The molecule has 0 saturated heterocycles. The summed E-state index contributed by atoms with van der Waals surface area (Å²) < 4.78 is 18.4. The van der Waals surface area contributed by atoms with E-state index in [9.17, 15) is 9.18 Å². The van der Waals surface area contributed by atoms with Gasteiger partial charge in [-0.3, -0.25) is 9.78 Å². The van der Waals surface area contributed by atoms with Crippen molar-refractivity contribution in [1.82, 2.24) is 15.0 Å². The highest BCUT2D eigenvalue weighted by Crippen LogP contribution is 2.32. The molecule has 0 aromatic carbocycles. The van der Waals surface area contributed by atoms with Crippen molar-refractivity contribution in [2.24, 2.45) is 0 Å². The van der Waals surface area contributed by atoms with Crippen LogP contribution in [0.1, 0.15) is 29.3 Å². The number of fused-ring (bicyclic) bond motifs is 1. The standard InChI is InChI=1S/C20H19FN4O2/c1-12(21)9-16(13(2)27-3)17-10-18(24-11-23-17)25-20(26)15-7-6-14-5-4-8-22-19(14)15/h4-5,8-11,15H,1-2,6-7H2,3H3,(H,23,24,25,26)/b16-9+. The summed E-state index contributed by atoms with van der Waals surface area (Å²) in [5.74, 6) is -0.661. The molecule has 2 aromatic heterocycles. The highest BCUT2D eigenvalue weighted by Gasteiger charge is 2.30. The van der Waals surface area contributed by atoms with Gasteiger partial charge in [-0.1, -0.05) is 19.2 Å². The molecule has 2 aromatic rings. The molecule has 7 heteroatoms. The molecule has 3 rings (SSSR count). The Balaban J connectivity index is 1.83. The zero-order valence-corrected chi connectivity index (χ0v) is 14.9. The Hall–Kier alpha value is -3.35. The van der Waals surface area contributed by atoms with Gasteiger partial charge in [0.1, 0.15) is 23.7 Å². The third-order valence-corrected chi connectivity index (χ3v) is 4.32. The summed E-state index contributed by atoms with van der Waals surface area (Å²) >= 11 is 0. The van der Waals surface area contributed by atoms with Gasteiger partial charge < -0.3 is 10.1 Å². The van der Waals surface area contributed by atoms with Gasteiger partial charge in [-0.05, 0) is 30.5 Å². The van der Waals surface area contributed by atoms with E-state index in [-0.39, 0.29) is 17.6 Å². The normalized spacial score (nSPS) is 15.8. The fourth-order valence-electron chi connectivity index (χ4n) is 3.02. The summed E-state index contributed by atoms with van der Waals surface area (Å²) in [6.45, 7) is 6.95. The average Bonchev–Trinajstić information content (AvgIpc) is 3.10. The lowest BCUT2D eigenvalue weighted by Gasteiger charge is -2.13. The topological polar surface area (TPSA) is 77.0 Å². The van der Waals surface area contributed by atoms with E-state index in [1.807, 2.05) is 12.1 Å². The van der Waals surface area contributed by atoms with Crippen LogP contribution in [0.5, 0.6) is 0 Å². The Labute approximate surface area is 156 Å². The number of pyridine rings is 1. The van der Waals surface area contributed by atoms with E-state index in [1.165, 1.54) is 19.5 Å². The number of rotatable bonds is 6. The molecule has 6 nitrogen and oxygen atoms in total. The molecule has 0 fully saturated rings. The summed E-state index contributed by atoms with van der Waals surface area (Å²) in [6, 6.07) is 5.38. The highest BCUT2D eigenvalue weighted by molar-refractivity contribution is 5.95. The van der Waals surface area contributed by atoms with Crippen LogP contribution in [0.15, 0.2) is 61.5 Å². The molecule has 0 aliphatic heterocycles. The van der Waals surface area contributed by atoms with E-state index in [0.29, 0.717) is 23.5 Å². The maximum absolute atomic E-state index is 13.3. The maximum Gasteiger partial charge on any atom is 0.234 e. The molecule has 0 spiro atoms. The van der Waals surface area contributed by atoms with Crippen molar-refractivity contribution in [3.05, 3.63) is 78.5 Å². The van der Waals surface area contributed by atoms with Crippen molar-refractivity contribution >= 4 is 17.3 Å². The van der Waals surface area contributed by atoms with E-state index >= 15 is 0 Å². The van der Waals surface area contributed by atoms with E-state index in [1.54, 1.807) is 6.20 Å². The number of carbonyl (C=O) groups excluding carboxylic acids is 1. The number of nitrogens with zero attached hydrogens (tertiary/aromatic N) is 3. The van der Waals surface area contributed by atoms with Crippen molar-refractivity contribution < 1.29 is 13.9 Å². The molecule has 0 radical (unpaired) electrons. The number of carbonyl (C=O) groups is 1. The van der Waals surface area contributed by atoms with Gasteiger partial charge in [-0.2, -0.15) is 0 Å². The van der Waals surface area contributed by atoms with Crippen LogP contribution in [-0.2, 0) is 16.0 Å². The molecule has 1 aliphatic rings. The van der Waals surface area contributed by atoms with Crippen molar-refractivity contribution in [3.63, 3.8) is 0 Å². The molecule has 1 amide bonds. The molecule has 2 heterocycles. The van der Waals surface area contributed by atoms with Crippen LogP contribution in [0.2, 0.25) is 0 Å². The first-order valence-electron chi connectivity index (χ1n) is 8.36. The van der Waals surface area contributed by atoms with Gasteiger partial charge in [0.25, 0.3) is 0 Å². The Bertz CT molecular complexity index is 939. The van der Waals surface area contributed by atoms with Crippen LogP contribution in [0.3, 0.4) is 0 Å². The average molecular weight is 366 g/mol. The van der Waals surface area contributed by atoms with Crippen molar-refractivity contribution in [1.29, 1.82) is 0 Å². The number of aromatic nitrogens is 3. The van der Waals surface area contributed by atoms with Crippen LogP contribution in [0, 0.1) is 0 Å². The van der Waals surface area contributed by atoms with Gasteiger partial charge in [0.05, 0.1) is 24.4 Å².